The summed E-state index contributed by atoms with van der Waals surface area (Å²) >= 11 is 0. The van der Waals surface area contributed by atoms with Gasteiger partial charge in [-0.1, -0.05) is 12.1 Å². The molecule has 0 atom stereocenters. The molecule has 5 nitrogen and oxygen atoms in total. The zero-order chi connectivity index (χ0) is 16.7. The summed E-state index contributed by atoms with van der Waals surface area (Å²) < 4.78 is 10.2. The Bertz CT molecular complexity index is 689. The van der Waals surface area contributed by atoms with Crippen molar-refractivity contribution in [2.75, 3.05) is 18.1 Å². The van der Waals surface area contributed by atoms with Gasteiger partial charge in [0.1, 0.15) is 5.76 Å². The van der Waals surface area contributed by atoms with Crippen molar-refractivity contribution in [1.29, 1.82) is 0 Å². The summed E-state index contributed by atoms with van der Waals surface area (Å²) in [5.41, 5.74) is 0.901. The lowest BCUT2D eigenvalue weighted by Crippen LogP contribution is -2.30. The standard InChI is InChI=1S/C18H19NO4/c1-3-19(17(20)12-11-14-8-7-13-23-14)16-10-6-5-9-15(16)18(21)22-4-2/h5-13H,3-4H2,1-2H3. The van der Waals surface area contributed by atoms with Gasteiger partial charge in [-0.15, -0.1) is 0 Å². The number of benzene rings is 1. The minimum Gasteiger partial charge on any atom is -0.465 e. The van der Waals surface area contributed by atoms with E-state index in [-0.39, 0.29) is 12.5 Å². The molecule has 0 aliphatic heterocycles. The third-order valence-corrected chi connectivity index (χ3v) is 3.21. The molecule has 0 unspecified atom stereocenters. The summed E-state index contributed by atoms with van der Waals surface area (Å²) in [7, 11) is 0. The van der Waals surface area contributed by atoms with Crippen molar-refractivity contribution in [3.8, 4) is 0 Å². The second-order valence-electron chi connectivity index (χ2n) is 4.67. The molecule has 1 amide bonds. The highest BCUT2D eigenvalue weighted by molar-refractivity contribution is 6.07. The van der Waals surface area contributed by atoms with Gasteiger partial charge < -0.3 is 14.1 Å². The van der Waals surface area contributed by atoms with Gasteiger partial charge in [-0.25, -0.2) is 4.79 Å². The van der Waals surface area contributed by atoms with Gasteiger partial charge in [-0.3, -0.25) is 4.79 Å². The number of amides is 1. The molecule has 2 aromatic rings. The van der Waals surface area contributed by atoms with E-state index in [0.717, 1.165) is 0 Å². The fourth-order valence-corrected chi connectivity index (χ4v) is 2.16. The highest BCUT2D eigenvalue weighted by Crippen LogP contribution is 2.22. The minimum absolute atomic E-state index is 0.236. The first-order valence-electron chi connectivity index (χ1n) is 7.46. The number of carbonyl (C=O) groups excluding carboxylic acids is 2. The summed E-state index contributed by atoms with van der Waals surface area (Å²) in [6, 6.07) is 10.4. The van der Waals surface area contributed by atoms with E-state index >= 15 is 0 Å². The van der Waals surface area contributed by atoms with Gasteiger partial charge >= 0.3 is 5.97 Å². The molecule has 23 heavy (non-hydrogen) atoms. The lowest BCUT2D eigenvalue weighted by molar-refractivity contribution is -0.114. The van der Waals surface area contributed by atoms with Crippen molar-refractivity contribution in [2.45, 2.75) is 13.8 Å². The van der Waals surface area contributed by atoms with Crippen LogP contribution in [0.2, 0.25) is 0 Å². The van der Waals surface area contributed by atoms with Crippen LogP contribution in [0.1, 0.15) is 30.0 Å². The number of carbonyl (C=O) groups is 2. The van der Waals surface area contributed by atoms with Crippen LogP contribution in [0.4, 0.5) is 5.69 Å². The zero-order valence-corrected chi connectivity index (χ0v) is 13.2. The Hall–Kier alpha value is -2.82. The van der Waals surface area contributed by atoms with E-state index in [1.54, 1.807) is 49.4 Å². The Morgan fingerprint density at radius 2 is 1.96 bits per heavy atom. The number of hydrogen-bond acceptors (Lipinski definition) is 4. The summed E-state index contributed by atoms with van der Waals surface area (Å²) in [6.07, 6.45) is 4.56. The quantitative estimate of drug-likeness (QED) is 0.605. The number of furan rings is 1. The number of anilines is 1. The summed E-state index contributed by atoms with van der Waals surface area (Å²) in [5.74, 6) is -0.0851. The smallest absolute Gasteiger partial charge is 0.340 e. The summed E-state index contributed by atoms with van der Waals surface area (Å²) in [6.45, 7) is 4.30. The fourth-order valence-electron chi connectivity index (χ4n) is 2.16. The molecule has 5 heteroatoms. The number of nitrogens with zero attached hydrogens (tertiary/aromatic N) is 1. The van der Waals surface area contributed by atoms with Crippen LogP contribution < -0.4 is 4.90 Å². The van der Waals surface area contributed by atoms with Crippen molar-refractivity contribution in [2.24, 2.45) is 0 Å². The average Bonchev–Trinajstić information content (AvgIpc) is 3.08. The van der Waals surface area contributed by atoms with Crippen molar-refractivity contribution in [1.82, 2.24) is 0 Å². The van der Waals surface area contributed by atoms with E-state index in [1.165, 1.54) is 17.2 Å². The van der Waals surface area contributed by atoms with E-state index < -0.39 is 5.97 Å². The monoisotopic (exact) mass is 313 g/mol. The second kappa shape index (κ2) is 7.98. The molecular formula is C18H19NO4. The molecule has 0 aliphatic carbocycles. The van der Waals surface area contributed by atoms with Gasteiger partial charge in [0.05, 0.1) is 24.1 Å². The van der Waals surface area contributed by atoms with Gasteiger partial charge in [-0.2, -0.15) is 0 Å². The molecule has 2 rings (SSSR count). The highest BCUT2D eigenvalue weighted by atomic mass is 16.5. The third-order valence-electron chi connectivity index (χ3n) is 3.21. The molecule has 1 heterocycles. The third kappa shape index (κ3) is 4.10. The molecule has 1 aromatic heterocycles. The Kier molecular flexibility index (Phi) is 5.74. The van der Waals surface area contributed by atoms with Gasteiger partial charge in [-0.05, 0) is 44.2 Å². The van der Waals surface area contributed by atoms with Crippen molar-refractivity contribution in [3.63, 3.8) is 0 Å². The maximum absolute atomic E-state index is 12.4. The number of para-hydroxylation sites is 1. The first-order chi connectivity index (χ1) is 11.2. The number of rotatable bonds is 6. The van der Waals surface area contributed by atoms with E-state index in [4.69, 9.17) is 9.15 Å². The Morgan fingerprint density at radius 3 is 2.61 bits per heavy atom. The predicted octanol–water partition coefficient (Wildman–Crippen LogP) is 3.52. The zero-order valence-electron chi connectivity index (χ0n) is 13.2. The van der Waals surface area contributed by atoms with Crippen molar-refractivity contribution < 1.29 is 18.7 Å². The lowest BCUT2D eigenvalue weighted by Gasteiger charge is -2.21. The van der Waals surface area contributed by atoms with Gasteiger partial charge in [0.25, 0.3) is 5.91 Å². The van der Waals surface area contributed by atoms with Gasteiger partial charge in [0.15, 0.2) is 0 Å². The van der Waals surface area contributed by atoms with Crippen LogP contribution in [-0.2, 0) is 9.53 Å². The molecule has 0 bridgehead atoms. The van der Waals surface area contributed by atoms with Gasteiger partial charge in [0.2, 0.25) is 0 Å². The van der Waals surface area contributed by atoms with E-state index in [9.17, 15) is 9.59 Å². The Balaban J connectivity index is 2.27. The van der Waals surface area contributed by atoms with Crippen LogP contribution in [0.15, 0.2) is 53.2 Å². The molecule has 0 radical (unpaired) electrons. The first-order valence-corrected chi connectivity index (χ1v) is 7.46. The number of ether oxygens (including phenoxy) is 1. The topological polar surface area (TPSA) is 59.8 Å². The minimum atomic E-state index is -0.440. The van der Waals surface area contributed by atoms with Crippen LogP contribution in [0.3, 0.4) is 0 Å². The maximum atomic E-state index is 12.4. The van der Waals surface area contributed by atoms with Crippen LogP contribution in [0, 0.1) is 0 Å². The molecule has 0 fully saturated rings. The predicted molar refractivity (Wildman–Crippen MR) is 88.2 cm³/mol. The van der Waals surface area contributed by atoms with Crippen LogP contribution in [-0.4, -0.2) is 25.0 Å². The largest absolute Gasteiger partial charge is 0.465 e. The fraction of sp³-hybridized carbons (Fsp3) is 0.222. The highest BCUT2D eigenvalue weighted by Gasteiger charge is 2.19. The lowest BCUT2D eigenvalue weighted by atomic mass is 10.1. The van der Waals surface area contributed by atoms with E-state index in [2.05, 4.69) is 0 Å². The molecule has 0 aliphatic rings. The summed E-state index contributed by atoms with van der Waals surface area (Å²) in [5, 5.41) is 0. The van der Waals surface area contributed by atoms with Crippen LogP contribution >= 0.6 is 0 Å². The second-order valence-corrected chi connectivity index (χ2v) is 4.67. The van der Waals surface area contributed by atoms with Gasteiger partial charge in [0, 0.05) is 12.6 Å². The average molecular weight is 313 g/mol. The molecular weight excluding hydrogens is 294 g/mol. The molecule has 0 N–H and O–H groups in total. The molecule has 0 spiro atoms. The number of hydrogen-bond donors (Lipinski definition) is 0. The molecule has 1 aromatic carbocycles. The number of likely N-dealkylation sites (N-methyl/N-ethyl adjacent to an activating group) is 1. The Labute approximate surface area is 135 Å². The van der Waals surface area contributed by atoms with Crippen molar-refractivity contribution in [3.05, 3.63) is 60.1 Å². The summed E-state index contributed by atoms with van der Waals surface area (Å²) in [4.78, 5) is 26.0. The van der Waals surface area contributed by atoms with Crippen LogP contribution in [0.5, 0.6) is 0 Å². The molecule has 0 saturated heterocycles. The molecule has 0 saturated carbocycles. The SMILES string of the molecule is CCOC(=O)c1ccccc1N(CC)C(=O)C=Cc1ccco1. The first kappa shape index (κ1) is 16.5. The van der Waals surface area contributed by atoms with Crippen molar-refractivity contribution >= 4 is 23.6 Å². The molecule has 120 valence electrons. The van der Waals surface area contributed by atoms with Crippen LogP contribution in [0.25, 0.3) is 6.08 Å². The normalized spacial score (nSPS) is 10.7. The number of esters is 1. The van der Waals surface area contributed by atoms with E-state index in [0.29, 0.717) is 23.6 Å². The van der Waals surface area contributed by atoms with E-state index in [1.807, 2.05) is 6.92 Å². The maximum Gasteiger partial charge on any atom is 0.340 e. The Morgan fingerprint density at radius 1 is 1.17 bits per heavy atom.